The molecule has 0 radical (unpaired) electrons. The van der Waals surface area contributed by atoms with E-state index in [4.69, 9.17) is 5.73 Å². The van der Waals surface area contributed by atoms with Crippen molar-refractivity contribution in [2.24, 2.45) is 5.73 Å². The molecule has 0 saturated heterocycles. The highest BCUT2D eigenvalue weighted by molar-refractivity contribution is 5.85. The largest absolute Gasteiger partial charge is 0.349 e. The van der Waals surface area contributed by atoms with Crippen LogP contribution in [-0.2, 0) is 10.2 Å². The molecule has 2 rings (SSSR count). The molecule has 0 bridgehead atoms. The summed E-state index contributed by atoms with van der Waals surface area (Å²) in [5.41, 5.74) is 8.38. The molecule has 3 N–H and O–H groups in total. The van der Waals surface area contributed by atoms with E-state index >= 15 is 0 Å². The molecule has 0 spiro atoms. The number of rotatable bonds is 3. The van der Waals surface area contributed by atoms with E-state index in [1.165, 1.54) is 11.1 Å². The van der Waals surface area contributed by atoms with E-state index in [1.807, 2.05) is 13.0 Å². The zero-order chi connectivity index (χ0) is 13.3. The highest BCUT2D eigenvalue weighted by Crippen LogP contribution is 2.44. The highest BCUT2D eigenvalue weighted by Gasteiger charge is 2.36. The molecule has 19 heavy (non-hydrogen) atoms. The van der Waals surface area contributed by atoms with Crippen molar-refractivity contribution in [3.8, 4) is 0 Å². The molecular weight excluding hydrogens is 260 g/mol. The molecule has 106 valence electrons. The Morgan fingerprint density at radius 1 is 1.47 bits per heavy atom. The van der Waals surface area contributed by atoms with Gasteiger partial charge in [0.1, 0.15) is 0 Å². The smallest absolute Gasteiger partial charge is 0.222 e. The van der Waals surface area contributed by atoms with Gasteiger partial charge in [-0.05, 0) is 29.9 Å². The Morgan fingerprint density at radius 3 is 2.74 bits per heavy atom. The van der Waals surface area contributed by atoms with Crippen molar-refractivity contribution in [1.82, 2.24) is 5.32 Å². The summed E-state index contributed by atoms with van der Waals surface area (Å²) in [7, 11) is 0. The van der Waals surface area contributed by atoms with Crippen LogP contribution >= 0.6 is 12.4 Å². The van der Waals surface area contributed by atoms with Crippen LogP contribution in [0.2, 0.25) is 0 Å². The average molecular weight is 283 g/mol. The van der Waals surface area contributed by atoms with Crippen LogP contribution < -0.4 is 11.1 Å². The van der Waals surface area contributed by atoms with Gasteiger partial charge in [-0.3, -0.25) is 4.79 Å². The molecule has 0 fully saturated rings. The lowest BCUT2D eigenvalue weighted by atomic mass is 9.86. The normalized spacial score (nSPS) is 21.2. The summed E-state index contributed by atoms with van der Waals surface area (Å²) < 4.78 is 0. The Balaban J connectivity index is 0.00000180. The molecule has 0 heterocycles. The van der Waals surface area contributed by atoms with Crippen LogP contribution in [0.15, 0.2) is 24.3 Å². The van der Waals surface area contributed by atoms with Gasteiger partial charge < -0.3 is 11.1 Å². The van der Waals surface area contributed by atoms with Crippen molar-refractivity contribution in [2.45, 2.75) is 51.1 Å². The monoisotopic (exact) mass is 282 g/mol. The number of nitrogens with one attached hydrogen (secondary N) is 1. The van der Waals surface area contributed by atoms with Gasteiger partial charge in [0.2, 0.25) is 5.91 Å². The fourth-order valence-electron chi connectivity index (χ4n) is 2.82. The van der Waals surface area contributed by atoms with Crippen LogP contribution in [0.25, 0.3) is 0 Å². The topological polar surface area (TPSA) is 55.1 Å². The molecule has 0 aromatic heterocycles. The number of nitrogens with two attached hydrogens (primary N) is 1. The number of carbonyl (C=O) groups is 1. The van der Waals surface area contributed by atoms with Crippen molar-refractivity contribution in [3.05, 3.63) is 35.4 Å². The lowest BCUT2D eigenvalue weighted by Gasteiger charge is -2.19. The fourth-order valence-corrected chi connectivity index (χ4v) is 2.82. The minimum atomic E-state index is -0.0883. The van der Waals surface area contributed by atoms with Gasteiger partial charge in [-0.15, -0.1) is 12.4 Å². The fraction of sp³-hybridized carbons (Fsp3) is 0.533. The molecule has 3 nitrogen and oxygen atoms in total. The molecule has 4 heteroatoms. The zero-order valence-electron chi connectivity index (χ0n) is 11.8. The van der Waals surface area contributed by atoms with E-state index in [0.717, 1.165) is 6.42 Å². The Kier molecular flexibility index (Phi) is 4.99. The zero-order valence-corrected chi connectivity index (χ0v) is 12.6. The minimum absolute atomic E-state index is 0. The molecule has 1 aliphatic carbocycles. The van der Waals surface area contributed by atoms with E-state index < -0.39 is 0 Å². The third-order valence-electron chi connectivity index (χ3n) is 3.62. The van der Waals surface area contributed by atoms with Gasteiger partial charge in [0.15, 0.2) is 0 Å². The molecular formula is C15H23ClN2O. The first-order chi connectivity index (χ1) is 8.40. The van der Waals surface area contributed by atoms with Crippen LogP contribution in [0.1, 0.15) is 50.8 Å². The van der Waals surface area contributed by atoms with Crippen molar-refractivity contribution in [1.29, 1.82) is 0 Å². The molecule has 1 aromatic rings. The molecule has 1 aliphatic rings. The molecule has 0 aliphatic heterocycles. The number of hydrogen-bond donors (Lipinski definition) is 2. The van der Waals surface area contributed by atoms with Gasteiger partial charge >= 0.3 is 0 Å². The maximum Gasteiger partial charge on any atom is 0.222 e. The van der Waals surface area contributed by atoms with Crippen molar-refractivity contribution >= 4 is 18.3 Å². The summed E-state index contributed by atoms with van der Waals surface area (Å²) in [6.07, 6.45) is 1.34. The molecule has 0 saturated carbocycles. The van der Waals surface area contributed by atoms with Crippen LogP contribution in [0.5, 0.6) is 0 Å². The maximum absolute atomic E-state index is 11.8. The van der Waals surface area contributed by atoms with Crippen molar-refractivity contribution in [3.63, 3.8) is 0 Å². The molecule has 1 amide bonds. The second-order valence-electron chi connectivity index (χ2n) is 5.98. The Labute approximate surface area is 121 Å². The van der Waals surface area contributed by atoms with Gasteiger partial charge in [-0.25, -0.2) is 0 Å². The van der Waals surface area contributed by atoms with E-state index in [9.17, 15) is 4.79 Å². The number of benzene rings is 1. The summed E-state index contributed by atoms with van der Waals surface area (Å²) >= 11 is 0. The highest BCUT2D eigenvalue weighted by atomic mass is 35.5. The van der Waals surface area contributed by atoms with Gasteiger partial charge in [-0.1, -0.05) is 38.1 Å². The lowest BCUT2D eigenvalue weighted by molar-refractivity contribution is -0.122. The van der Waals surface area contributed by atoms with Gasteiger partial charge in [-0.2, -0.15) is 0 Å². The van der Waals surface area contributed by atoms with E-state index in [0.29, 0.717) is 6.42 Å². The number of fused-ring (bicyclic) bond motifs is 1. The standard InChI is InChI=1S/C15H22N2O.ClH/c1-10(16)8-14(18)17-13-9-15(2,3)12-7-5-4-6-11(12)13;/h4-7,10,13H,8-9,16H2,1-3H3,(H,17,18);1H. The van der Waals surface area contributed by atoms with Crippen LogP contribution in [0.3, 0.4) is 0 Å². The number of amides is 1. The van der Waals surface area contributed by atoms with E-state index in [1.54, 1.807) is 0 Å². The van der Waals surface area contributed by atoms with Gasteiger partial charge in [0.25, 0.3) is 0 Å². The second kappa shape index (κ2) is 5.93. The van der Waals surface area contributed by atoms with Crippen LogP contribution in [0, 0.1) is 0 Å². The minimum Gasteiger partial charge on any atom is -0.349 e. The third kappa shape index (κ3) is 3.48. The summed E-state index contributed by atoms with van der Waals surface area (Å²) in [5, 5.41) is 3.10. The summed E-state index contributed by atoms with van der Waals surface area (Å²) in [5.74, 6) is 0.0440. The van der Waals surface area contributed by atoms with Crippen molar-refractivity contribution < 1.29 is 4.79 Å². The molecule has 2 unspecified atom stereocenters. The second-order valence-corrected chi connectivity index (χ2v) is 5.98. The quantitative estimate of drug-likeness (QED) is 0.896. The van der Waals surface area contributed by atoms with Crippen molar-refractivity contribution in [2.75, 3.05) is 0 Å². The Hall–Kier alpha value is -1.06. The summed E-state index contributed by atoms with van der Waals surface area (Å²) in [6, 6.07) is 8.41. The first kappa shape index (κ1) is 16.0. The van der Waals surface area contributed by atoms with Crippen LogP contribution in [0.4, 0.5) is 0 Å². The lowest BCUT2D eigenvalue weighted by Crippen LogP contribution is -2.32. The number of carbonyl (C=O) groups excluding carboxylic acids is 1. The van der Waals surface area contributed by atoms with Crippen LogP contribution in [-0.4, -0.2) is 11.9 Å². The maximum atomic E-state index is 11.8. The Bertz CT molecular complexity index is 457. The predicted octanol–water partition coefficient (Wildman–Crippen LogP) is 2.68. The molecule has 1 aromatic carbocycles. The number of halogens is 1. The first-order valence-electron chi connectivity index (χ1n) is 6.54. The van der Waals surface area contributed by atoms with E-state index in [2.05, 4.69) is 37.4 Å². The Morgan fingerprint density at radius 2 is 2.11 bits per heavy atom. The van der Waals surface area contributed by atoms with Gasteiger partial charge in [0.05, 0.1) is 6.04 Å². The number of hydrogen-bond acceptors (Lipinski definition) is 2. The first-order valence-corrected chi connectivity index (χ1v) is 6.54. The average Bonchev–Trinajstić information content (AvgIpc) is 2.50. The molecule has 2 atom stereocenters. The third-order valence-corrected chi connectivity index (χ3v) is 3.62. The summed E-state index contributed by atoms with van der Waals surface area (Å²) in [6.45, 7) is 6.30. The predicted molar refractivity (Wildman–Crippen MR) is 80.5 cm³/mol. The van der Waals surface area contributed by atoms with E-state index in [-0.39, 0.29) is 35.8 Å². The summed E-state index contributed by atoms with van der Waals surface area (Å²) in [4.78, 5) is 11.8. The SMILES string of the molecule is CC(N)CC(=O)NC1CC(C)(C)c2ccccc21.Cl. The van der Waals surface area contributed by atoms with Gasteiger partial charge in [0, 0.05) is 12.5 Å².